The molecular weight excluding hydrogens is 284 g/mol. The highest BCUT2D eigenvalue weighted by molar-refractivity contribution is 5.92. The number of rotatable bonds is 4. The zero-order chi connectivity index (χ0) is 16.2. The van der Waals surface area contributed by atoms with Crippen LogP contribution in [0.4, 0.5) is 0 Å². The maximum atomic E-state index is 11.6. The molecule has 0 N–H and O–H groups in total. The van der Waals surface area contributed by atoms with Gasteiger partial charge in [-0.2, -0.15) is 0 Å². The molecule has 0 spiro atoms. The third kappa shape index (κ3) is 3.42. The fourth-order valence-corrected chi connectivity index (χ4v) is 3.01. The molecule has 0 saturated carbocycles. The van der Waals surface area contributed by atoms with E-state index in [-0.39, 0.29) is 11.7 Å². The molecule has 23 heavy (non-hydrogen) atoms. The van der Waals surface area contributed by atoms with E-state index in [1.165, 1.54) is 16.7 Å². The van der Waals surface area contributed by atoms with Crippen LogP contribution in [-0.2, 0) is 4.79 Å². The van der Waals surface area contributed by atoms with Gasteiger partial charge in [0.2, 0.25) is 0 Å². The highest BCUT2D eigenvalue weighted by atomic mass is 16.5. The van der Waals surface area contributed by atoms with Crippen LogP contribution < -0.4 is 4.74 Å². The van der Waals surface area contributed by atoms with Crippen LogP contribution >= 0.6 is 0 Å². The molecule has 0 aromatic heterocycles. The molecule has 2 aromatic carbocycles. The van der Waals surface area contributed by atoms with Gasteiger partial charge in [-0.25, -0.2) is 0 Å². The second kappa shape index (κ2) is 6.66. The molecule has 3 rings (SSSR count). The molecule has 1 aliphatic rings. The summed E-state index contributed by atoms with van der Waals surface area (Å²) in [5.74, 6) is 1.16. The minimum Gasteiger partial charge on any atom is -0.497 e. The Labute approximate surface area is 137 Å². The van der Waals surface area contributed by atoms with Crippen LogP contribution in [0.2, 0.25) is 0 Å². The monoisotopic (exact) mass is 304 g/mol. The third-order valence-corrected chi connectivity index (χ3v) is 4.10. The van der Waals surface area contributed by atoms with E-state index in [9.17, 15) is 4.79 Å². The summed E-state index contributed by atoms with van der Waals surface area (Å²) in [6, 6.07) is 16.3. The Morgan fingerprint density at radius 2 is 2.00 bits per heavy atom. The number of ether oxygens (including phenoxy) is 1. The summed E-state index contributed by atoms with van der Waals surface area (Å²) >= 11 is 0. The maximum Gasteiger partial charge on any atom is 0.130 e. The number of allylic oxidation sites excluding steroid dienone is 2. The average molecular weight is 304 g/mol. The van der Waals surface area contributed by atoms with Gasteiger partial charge in [0, 0.05) is 12.3 Å². The SMILES string of the molecule is COc1cccc(/C=C2/c3ccccc3C=CC2CC(C)=O)c1. The van der Waals surface area contributed by atoms with Crippen LogP contribution in [0.3, 0.4) is 0 Å². The topological polar surface area (TPSA) is 26.3 Å². The van der Waals surface area contributed by atoms with E-state index in [2.05, 4.69) is 36.4 Å². The fraction of sp³-hybridized carbons (Fsp3) is 0.190. The number of methoxy groups -OCH3 is 1. The lowest BCUT2D eigenvalue weighted by molar-refractivity contribution is -0.117. The molecule has 0 amide bonds. The van der Waals surface area contributed by atoms with Crippen molar-refractivity contribution in [3.8, 4) is 5.75 Å². The number of carbonyl (C=O) groups excluding carboxylic acids is 1. The Kier molecular flexibility index (Phi) is 4.42. The van der Waals surface area contributed by atoms with Gasteiger partial charge in [0.1, 0.15) is 11.5 Å². The van der Waals surface area contributed by atoms with Gasteiger partial charge in [-0.1, -0.05) is 54.6 Å². The second-order valence-corrected chi connectivity index (χ2v) is 5.84. The van der Waals surface area contributed by atoms with Crippen molar-refractivity contribution in [1.29, 1.82) is 0 Å². The zero-order valence-electron chi connectivity index (χ0n) is 13.5. The average Bonchev–Trinajstić information content (AvgIpc) is 2.57. The fourth-order valence-electron chi connectivity index (χ4n) is 3.01. The van der Waals surface area contributed by atoms with E-state index in [0.717, 1.165) is 11.3 Å². The Morgan fingerprint density at radius 1 is 1.17 bits per heavy atom. The van der Waals surface area contributed by atoms with Crippen LogP contribution in [0.1, 0.15) is 30.0 Å². The summed E-state index contributed by atoms with van der Waals surface area (Å²) in [4.78, 5) is 11.6. The number of hydrogen-bond acceptors (Lipinski definition) is 2. The molecular formula is C21H20O2. The second-order valence-electron chi connectivity index (χ2n) is 5.84. The molecule has 0 radical (unpaired) electrons. The standard InChI is InChI=1S/C21H20O2/c1-15(22)12-18-11-10-17-7-3-4-9-20(17)21(18)14-16-6-5-8-19(13-16)23-2/h3-11,13-14,18H,12H2,1-2H3/b21-14+. The molecule has 0 bridgehead atoms. The van der Waals surface area contributed by atoms with Crippen molar-refractivity contribution >= 4 is 23.5 Å². The molecule has 0 aliphatic heterocycles. The van der Waals surface area contributed by atoms with Crippen molar-refractivity contribution in [1.82, 2.24) is 0 Å². The highest BCUT2D eigenvalue weighted by Gasteiger charge is 2.20. The van der Waals surface area contributed by atoms with Crippen molar-refractivity contribution in [2.75, 3.05) is 7.11 Å². The number of benzene rings is 2. The van der Waals surface area contributed by atoms with Crippen molar-refractivity contribution in [2.24, 2.45) is 5.92 Å². The number of carbonyl (C=O) groups is 1. The van der Waals surface area contributed by atoms with E-state index in [4.69, 9.17) is 4.74 Å². The first-order valence-corrected chi connectivity index (χ1v) is 7.80. The van der Waals surface area contributed by atoms with Gasteiger partial charge in [0.15, 0.2) is 0 Å². The molecule has 0 heterocycles. The summed E-state index contributed by atoms with van der Waals surface area (Å²) in [6.07, 6.45) is 6.95. The van der Waals surface area contributed by atoms with Crippen molar-refractivity contribution in [3.63, 3.8) is 0 Å². The minimum atomic E-state index is 0.119. The van der Waals surface area contributed by atoms with Crippen LogP contribution in [-0.4, -0.2) is 12.9 Å². The van der Waals surface area contributed by atoms with Crippen molar-refractivity contribution in [2.45, 2.75) is 13.3 Å². The summed E-state index contributed by atoms with van der Waals surface area (Å²) < 4.78 is 5.31. The molecule has 0 saturated heterocycles. The first kappa shape index (κ1) is 15.3. The third-order valence-electron chi connectivity index (χ3n) is 4.10. The van der Waals surface area contributed by atoms with Crippen molar-refractivity contribution < 1.29 is 9.53 Å². The molecule has 1 unspecified atom stereocenters. The largest absolute Gasteiger partial charge is 0.497 e. The molecule has 2 nitrogen and oxygen atoms in total. The van der Waals surface area contributed by atoms with Gasteiger partial charge in [0.05, 0.1) is 7.11 Å². The number of Topliss-reactive ketones (excluding diaryl/α,β-unsaturated/α-hetero) is 1. The Balaban J connectivity index is 2.08. The summed E-state index contributed by atoms with van der Waals surface area (Å²) in [5.41, 5.74) is 4.66. The highest BCUT2D eigenvalue weighted by Crippen LogP contribution is 2.36. The lowest BCUT2D eigenvalue weighted by atomic mass is 9.81. The van der Waals surface area contributed by atoms with Gasteiger partial charge in [-0.05, 0) is 41.3 Å². The molecule has 1 aliphatic carbocycles. The number of ketones is 1. The van der Waals surface area contributed by atoms with Gasteiger partial charge < -0.3 is 4.74 Å². The van der Waals surface area contributed by atoms with Gasteiger partial charge in [0.25, 0.3) is 0 Å². The first-order chi connectivity index (χ1) is 11.2. The summed E-state index contributed by atoms with van der Waals surface area (Å²) in [5, 5.41) is 0. The normalized spacial score (nSPS) is 17.8. The lowest BCUT2D eigenvalue weighted by Crippen LogP contribution is -2.10. The van der Waals surface area contributed by atoms with Crippen molar-refractivity contribution in [3.05, 3.63) is 71.3 Å². The first-order valence-electron chi connectivity index (χ1n) is 7.80. The maximum absolute atomic E-state index is 11.6. The van der Waals surface area contributed by atoms with Crippen LogP contribution in [0.25, 0.3) is 17.7 Å². The summed E-state index contributed by atoms with van der Waals surface area (Å²) in [6.45, 7) is 1.65. The van der Waals surface area contributed by atoms with Gasteiger partial charge in [-0.15, -0.1) is 0 Å². The van der Waals surface area contributed by atoms with Crippen LogP contribution in [0.15, 0.2) is 54.6 Å². The van der Waals surface area contributed by atoms with E-state index in [1.54, 1.807) is 14.0 Å². The van der Waals surface area contributed by atoms with Gasteiger partial charge in [-0.3, -0.25) is 4.79 Å². The Hall–Kier alpha value is -2.61. The van der Waals surface area contributed by atoms with Crippen LogP contribution in [0.5, 0.6) is 5.75 Å². The molecule has 2 heteroatoms. The number of hydrogen-bond donors (Lipinski definition) is 0. The smallest absolute Gasteiger partial charge is 0.130 e. The molecule has 116 valence electrons. The van der Waals surface area contributed by atoms with Crippen LogP contribution in [0, 0.1) is 5.92 Å². The Bertz CT molecular complexity index is 784. The predicted molar refractivity (Wildman–Crippen MR) is 95.1 cm³/mol. The minimum absolute atomic E-state index is 0.119. The summed E-state index contributed by atoms with van der Waals surface area (Å²) in [7, 11) is 1.67. The van der Waals surface area contributed by atoms with E-state index < -0.39 is 0 Å². The molecule has 1 atom stereocenters. The zero-order valence-corrected chi connectivity index (χ0v) is 13.5. The predicted octanol–water partition coefficient (Wildman–Crippen LogP) is 4.86. The quantitative estimate of drug-likeness (QED) is 0.806. The van der Waals surface area contributed by atoms with E-state index in [0.29, 0.717) is 6.42 Å². The van der Waals surface area contributed by atoms with Gasteiger partial charge >= 0.3 is 0 Å². The van der Waals surface area contributed by atoms with E-state index in [1.807, 2.05) is 30.3 Å². The molecule has 0 fully saturated rings. The Morgan fingerprint density at radius 3 is 2.78 bits per heavy atom. The molecule has 2 aromatic rings. The lowest BCUT2D eigenvalue weighted by Gasteiger charge is -2.23. The van der Waals surface area contributed by atoms with E-state index >= 15 is 0 Å². The number of fused-ring (bicyclic) bond motifs is 1.